The van der Waals surface area contributed by atoms with Crippen LogP contribution in [0.1, 0.15) is 57.3 Å². The molecule has 0 aromatic carbocycles. The van der Waals surface area contributed by atoms with Crippen LogP contribution in [-0.2, 0) is 6.42 Å². The van der Waals surface area contributed by atoms with Crippen LogP contribution in [0.3, 0.4) is 0 Å². The van der Waals surface area contributed by atoms with Crippen LogP contribution < -0.4 is 5.32 Å². The van der Waals surface area contributed by atoms with E-state index in [1.165, 1.54) is 25.7 Å². The van der Waals surface area contributed by atoms with Gasteiger partial charge in [0.1, 0.15) is 5.82 Å². The number of hydrogen-bond acceptors (Lipinski definition) is 5. The summed E-state index contributed by atoms with van der Waals surface area (Å²) >= 11 is 1.69. The lowest BCUT2D eigenvalue weighted by Crippen LogP contribution is -2.40. The maximum absolute atomic E-state index is 9.75. The van der Waals surface area contributed by atoms with E-state index in [2.05, 4.69) is 38.2 Å². The summed E-state index contributed by atoms with van der Waals surface area (Å²) in [5, 5.41) is 23.0. The number of guanidine groups is 1. The summed E-state index contributed by atoms with van der Waals surface area (Å²) in [5.74, 6) is 2.03. The van der Waals surface area contributed by atoms with E-state index in [1.807, 2.05) is 0 Å². The molecule has 2 fully saturated rings. The Morgan fingerprint density at radius 3 is 2.77 bits per heavy atom. The van der Waals surface area contributed by atoms with Gasteiger partial charge in [-0.1, -0.05) is 24.6 Å². The summed E-state index contributed by atoms with van der Waals surface area (Å²) in [6.07, 6.45) is 9.68. The molecule has 1 saturated carbocycles. The lowest BCUT2D eigenvalue weighted by Gasteiger charge is -2.21. The van der Waals surface area contributed by atoms with Crippen LogP contribution in [0.4, 0.5) is 0 Å². The van der Waals surface area contributed by atoms with Crippen molar-refractivity contribution in [1.29, 1.82) is 0 Å². The van der Waals surface area contributed by atoms with Crippen LogP contribution in [0.2, 0.25) is 0 Å². The number of nitrogens with zero attached hydrogens (tertiary/aromatic N) is 5. The molecule has 0 radical (unpaired) electrons. The molecule has 1 aliphatic carbocycles. The van der Waals surface area contributed by atoms with Gasteiger partial charge in [-0.3, -0.25) is 4.99 Å². The molecular formula is C18H32N6OS. The number of aliphatic imine (C=N–C) groups is 1. The summed E-state index contributed by atoms with van der Waals surface area (Å²) in [7, 11) is 0. The lowest BCUT2D eigenvalue weighted by atomic mass is 10.2. The maximum atomic E-state index is 9.75. The number of aliphatic hydroxyl groups excluding tert-OH is 1. The van der Waals surface area contributed by atoms with Crippen molar-refractivity contribution in [2.75, 3.05) is 32.4 Å². The van der Waals surface area contributed by atoms with Crippen molar-refractivity contribution in [2.45, 2.75) is 69.2 Å². The second kappa shape index (κ2) is 9.60. The van der Waals surface area contributed by atoms with Crippen LogP contribution in [0, 0.1) is 0 Å². The summed E-state index contributed by atoms with van der Waals surface area (Å²) < 4.78 is 2.38. The zero-order valence-electron chi connectivity index (χ0n) is 16.0. The van der Waals surface area contributed by atoms with Gasteiger partial charge in [0.2, 0.25) is 0 Å². The number of aryl methyl sites for hydroxylation is 1. The van der Waals surface area contributed by atoms with Gasteiger partial charge in [0.25, 0.3) is 0 Å². The van der Waals surface area contributed by atoms with Crippen molar-refractivity contribution >= 4 is 17.7 Å². The van der Waals surface area contributed by atoms with Gasteiger partial charge in [-0.15, -0.1) is 10.2 Å². The van der Waals surface area contributed by atoms with Gasteiger partial charge in [0.05, 0.1) is 6.10 Å². The normalized spacial score (nSPS) is 21.7. The molecule has 1 aromatic heterocycles. The second-order valence-corrected chi connectivity index (χ2v) is 7.91. The lowest BCUT2D eigenvalue weighted by molar-refractivity contribution is 0.188. The van der Waals surface area contributed by atoms with E-state index in [4.69, 9.17) is 4.99 Å². The highest BCUT2D eigenvalue weighted by Gasteiger charge is 2.24. The van der Waals surface area contributed by atoms with Crippen molar-refractivity contribution in [3.8, 4) is 0 Å². The first-order valence-corrected chi connectivity index (χ1v) is 11.1. The topological polar surface area (TPSA) is 78.6 Å². The highest BCUT2D eigenvalue weighted by atomic mass is 32.2. The number of rotatable bonds is 7. The number of thioether (sulfide) groups is 1. The fourth-order valence-electron chi connectivity index (χ4n) is 3.93. The Hall–Kier alpha value is -1.28. The number of hydrogen-bond donors (Lipinski definition) is 2. The van der Waals surface area contributed by atoms with E-state index in [0.29, 0.717) is 12.6 Å². The van der Waals surface area contributed by atoms with E-state index in [0.717, 1.165) is 55.8 Å². The molecule has 1 atom stereocenters. The number of likely N-dealkylation sites (tertiary alicyclic amines) is 1. The van der Waals surface area contributed by atoms with Gasteiger partial charge in [-0.05, 0) is 38.9 Å². The predicted octanol–water partition coefficient (Wildman–Crippen LogP) is 2.08. The molecule has 2 N–H and O–H groups in total. The first-order chi connectivity index (χ1) is 12.7. The van der Waals surface area contributed by atoms with Gasteiger partial charge in [0, 0.05) is 38.6 Å². The van der Waals surface area contributed by atoms with Crippen molar-refractivity contribution in [2.24, 2.45) is 4.99 Å². The first-order valence-electron chi connectivity index (χ1n) is 9.92. The van der Waals surface area contributed by atoms with E-state index >= 15 is 0 Å². The quantitative estimate of drug-likeness (QED) is 0.326. The van der Waals surface area contributed by atoms with Gasteiger partial charge in [0.15, 0.2) is 11.1 Å². The van der Waals surface area contributed by atoms with Gasteiger partial charge < -0.3 is 19.9 Å². The summed E-state index contributed by atoms with van der Waals surface area (Å²) in [6, 6.07) is 0.578. The average Bonchev–Trinajstić information content (AvgIpc) is 3.37. The van der Waals surface area contributed by atoms with Gasteiger partial charge >= 0.3 is 0 Å². The fourth-order valence-corrected chi connectivity index (χ4v) is 4.50. The molecule has 0 unspecified atom stereocenters. The van der Waals surface area contributed by atoms with Crippen LogP contribution in [0.5, 0.6) is 0 Å². The Bertz CT molecular complexity index is 599. The van der Waals surface area contributed by atoms with Crippen LogP contribution in [-0.4, -0.2) is 69.3 Å². The minimum Gasteiger partial charge on any atom is -0.391 e. The molecule has 2 aliphatic rings. The third-order valence-electron chi connectivity index (χ3n) is 5.23. The molecule has 146 valence electrons. The molecule has 3 rings (SSSR count). The Kier molecular flexibility index (Phi) is 7.19. The van der Waals surface area contributed by atoms with E-state index in [1.54, 1.807) is 11.8 Å². The SMILES string of the molecule is CCNC(=NCCCc1nnc(SC)n1C1CCCC1)N1CC[C@@H](O)C1. The van der Waals surface area contributed by atoms with Crippen molar-refractivity contribution in [3.63, 3.8) is 0 Å². The monoisotopic (exact) mass is 380 g/mol. The van der Waals surface area contributed by atoms with Gasteiger partial charge in [-0.25, -0.2) is 0 Å². The molecular weight excluding hydrogens is 348 g/mol. The summed E-state index contributed by atoms with van der Waals surface area (Å²) in [6.45, 7) is 5.24. The highest BCUT2D eigenvalue weighted by Crippen LogP contribution is 2.33. The molecule has 8 heteroatoms. The summed E-state index contributed by atoms with van der Waals surface area (Å²) in [4.78, 5) is 6.91. The first kappa shape index (κ1) is 19.5. The molecule has 0 amide bonds. The highest BCUT2D eigenvalue weighted by molar-refractivity contribution is 7.98. The Morgan fingerprint density at radius 2 is 2.12 bits per heavy atom. The molecule has 26 heavy (non-hydrogen) atoms. The van der Waals surface area contributed by atoms with E-state index < -0.39 is 0 Å². The maximum Gasteiger partial charge on any atom is 0.194 e. The Labute approximate surface area is 160 Å². The molecule has 0 bridgehead atoms. The van der Waals surface area contributed by atoms with Crippen LogP contribution >= 0.6 is 11.8 Å². The second-order valence-electron chi connectivity index (χ2n) is 7.14. The molecule has 1 saturated heterocycles. The van der Waals surface area contributed by atoms with E-state index in [9.17, 15) is 5.11 Å². The Morgan fingerprint density at radius 1 is 1.31 bits per heavy atom. The van der Waals surface area contributed by atoms with Crippen LogP contribution in [0.25, 0.3) is 0 Å². The third kappa shape index (κ3) is 4.71. The number of nitrogens with one attached hydrogen (secondary N) is 1. The minimum atomic E-state index is -0.228. The fraction of sp³-hybridized carbons (Fsp3) is 0.833. The zero-order valence-corrected chi connectivity index (χ0v) is 16.8. The summed E-state index contributed by atoms with van der Waals surface area (Å²) in [5.41, 5.74) is 0. The Balaban J connectivity index is 1.57. The molecule has 1 aromatic rings. The number of aliphatic hydroxyl groups is 1. The third-order valence-corrected chi connectivity index (χ3v) is 5.87. The minimum absolute atomic E-state index is 0.228. The smallest absolute Gasteiger partial charge is 0.194 e. The largest absolute Gasteiger partial charge is 0.391 e. The van der Waals surface area contributed by atoms with Gasteiger partial charge in [-0.2, -0.15) is 0 Å². The average molecular weight is 381 g/mol. The standard InChI is InChI=1S/C18H32N6OS/c1-3-19-17(23-12-10-15(25)13-23)20-11-6-9-16-21-22-18(26-2)24(16)14-7-4-5-8-14/h14-15,25H,3-13H2,1-2H3,(H,19,20)/t15-/m1/s1. The molecule has 1 aliphatic heterocycles. The van der Waals surface area contributed by atoms with E-state index in [-0.39, 0.29) is 6.10 Å². The number of aromatic nitrogens is 3. The molecule has 0 spiro atoms. The van der Waals surface area contributed by atoms with Crippen LogP contribution in [0.15, 0.2) is 10.1 Å². The van der Waals surface area contributed by atoms with Crippen molar-refractivity contribution < 1.29 is 5.11 Å². The number of β-amino-alcohol motifs (C(OH)–C–C–N with tert-alkyl or cyclic N) is 1. The van der Waals surface area contributed by atoms with Crippen molar-refractivity contribution in [3.05, 3.63) is 5.82 Å². The predicted molar refractivity (Wildman–Crippen MR) is 106 cm³/mol. The zero-order chi connectivity index (χ0) is 18.4. The molecule has 7 nitrogen and oxygen atoms in total. The molecule has 2 heterocycles. The van der Waals surface area contributed by atoms with Crippen molar-refractivity contribution in [1.82, 2.24) is 25.0 Å².